The summed E-state index contributed by atoms with van der Waals surface area (Å²) in [5.41, 5.74) is 27.8. The van der Waals surface area contributed by atoms with Gasteiger partial charge in [0.05, 0.1) is 31.7 Å². The number of nitrogens with one attached hydrogen (secondary N) is 16. The van der Waals surface area contributed by atoms with Crippen molar-refractivity contribution in [3.8, 4) is 5.75 Å². The zero-order valence-corrected chi connectivity index (χ0v) is 73.0. The Morgan fingerprint density at radius 2 is 0.664 bits per heavy atom. The molecular weight excluding hydrogens is 1720 g/mol. The number of unbranched alkanes of at least 4 members (excludes halogenated alkanes) is 1. The van der Waals surface area contributed by atoms with Crippen molar-refractivity contribution in [1.29, 1.82) is 5.41 Å². The zero-order valence-electron chi connectivity index (χ0n) is 72.1. The first kappa shape index (κ1) is 113. The van der Waals surface area contributed by atoms with Gasteiger partial charge in [0.1, 0.15) is 90.3 Å². The Morgan fingerprint density at radius 3 is 1.05 bits per heavy atom. The van der Waals surface area contributed by atoms with E-state index in [2.05, 4.69) is 87.1 Å². The van der Waals surface area contributed by atoms with E-state index >= 15 is 4.79 Å². The van der Waals surface area contributed by atoms with Crippen LogP contribution in [-0.4, -0.2) is 282 Å². The number of primary amides is 2. The smallest absolute Gasteiger partial charge is 0.326 e. The first-order valence-corrected chi connectivity index (χ1v) is 41.5. The molecule has 0 unspecified atom stereocenters. The van der Waals surface area contributed by atoms with Crippen LogP contribution >= 0.6 is 12.6 Å². The Bertz CT molecular complexity index is 4090. The molecule has 0 bridgehead atoms. The number of carbonyl (C=O) groups excluding carboxylic acids is 16. The third-order valence-corrected chi connectivity index (χ3v) is 20.1. The molecule has 0 aromatic heterocycles. The fourth-order valence-corrected chi connectivity index (χ4v) is 12.4. The highest BCUT2D eigenvalue weighted by Crippen LogP contribution is 2.18. The van der Waals surface area contributed by atoms with E-state index in [4.69, 9.17) is 39.2 Å². The number of hydrogen-bond donors (Lipinski definition) is 29. The lowest BCUT2D eigenvalue weighted by molar-refractivity contribution is -0.147. The molecule has 0 saturated heterocycles. The normalized spacial score (nSPS) is 15.0. The molecule has 50 nitrogen and oxygen atoms in total. The molecule has 0 aliphatic rings. The average molecular weight is 1840 g/mol. The predicted octanol–water partition coefficient (Wildman–Crippen LogP) is -7.85. The van der Waals surface area contributed by atoms with E-state index in [9.17, 15) is 131 Å². The molecular formula is C77H123N21O29S. The molecule has 16 amide bonds. The SMILES string of the molecule is CC[C@H](C)[C@H](NC(=O)[C@H](CCC(=O)O)NC(=O)[C@H](CC(=O)O)NC(=O)[C@@H](NC(=O)[C@@H](NC(=O)[C@@H](N)CC(N)=O)[C@@H](C)CC)C(C)C)C(=O)N[C@@H](CCCCN)C(=O)N[C@@H](Cc1ccc(O)cc1)C(=O)N[C@@H](CCCNC(=N)N)C(=O)N[C@@H](CCC(=O)O)C(=O)N[C@@H](CCC(=O)O)C(=O)N[C@H](C(=O)N[C@@H](CS)C(=O)N[C@@H](CC(N)=O)C(=O)N[C@@H](CC(=O)O)C(=O)O)C(C)C. The van der Waals surface area contributed by atoms with Crippen LogP contribution in [-0.2, 0) is 112 Å². The van der Waals surface area contributed by atoms with Gasteiger partial charge in [-0.15, -0.1) is 0 Å². The molecule has 1 aromatic carbocycles. The van der Waals surface area contributed by atoms with Gasteiger partial charge in [-0.1, -0.05) is 80.4 Å². The van der Waals surface area contributed by atoms with Crippen LogP contribution in [0.3, 0.4) is 0 Å². The van der Waals surface area contributed by atoms with Crippen LogP contribution in [0.1, 0.15) is 170 Å². The van der Waals surface area contributed by atoms with E-state index in [1.807, 2.05) is 5.32 Å². The van der Waals surface area contributed by atoms with Gasteiger partial charge in [-0.25, -0.2) is 4.79 Å². The number of guanidine groups is 1. The highest BCUT2D eigenvalue weighted by Gasteiger charge is 2.41. The van der Waals surface area contributed by atoms with Crippen molar-refractivity contribution in [2.45, 2.75) is 262 Å². The van der Waals surface area contributed by atoms with Gasteiger partial charge in [-0.05, 0) is 99.3 Å². The number of benzene rings is 1. The average Bonchev–Trinajstić information content (AvgIpc) is 0.850. The number of hydrogen-bond acceptors (Lipinski definition) is 27. The fraction of sp³-hybridized carbons (Fsp3) is 0.623. The number of carboxylic acid groups (broad SMARTS) is 6. The first-order chi connectivity index (χ1) is 59.8. The second-order valence-corrected chi connectivity index (χ2v) is 31.3. The summed E-state index contributed by atoms with van der Waals surface area (Å²) in [7, 11) is 0. The zero-order chi connectivity index (χ0) is 97.7. The van der Waals surface area contributed by atoms with Crippen LogP contribution in [0.2, 0.25) is 0 Å². The topological polar surface area (TPSA) is 852 Å². The number of thiol groups is 1. The summed E-state index contributed by atoms with van der Waals surface area (Å²) in [4.78, 5) is 294. The third kappa shape index (κ3) is 42.7. The van der Waals surface area contributed by atoms with Crippen LogP contribution in [0.5, 0.6) is 5.75 Å². The second-order valence-electron chi connectivity index (χ2n) is 30.9. The number of carbonyl (C=O) groups is 22. The molecule has 716 valence electrons. The minimum absolute atomic E-state index is 0.0419. The lowest BCUT2D eigenvalue weighted by Gasteiger charge is -2.30. The van der Waals surface area contributed by atoms with Crippen molar-refractivity contribution in [1.82, 2.24) is 79.8 Å². The number of amides is 16. The van der Waals surface area contributed by atoms with Crippen LogP contribution in [0.15, 0.2) is 24.3 Å². The summed E-state index contributed by atoms with van der Waals surface area (Å²) in [6.45, 7) is 11.9. The molecule has 17 atom stereocenters. The Morgan fingerprint density at radius 1 is 0.359 bits per heavy atom. The Kier molecular flexibility index (Phi) is 50.7. The highest BCUT2D eigenvalue weighted by atomic mass is 32.1. The molecule has 0 heterocycles. The first-order valence-electron chi connectivity index (χ1n) is 40.9. The van der Waals surface area contributed by atoms with Gasteiger partial charge in [-0.3, -0.25) is 106 Å². The molecule has 0 aliphatic carbocycles. The van der Waals surface area contributed by atoms with E-state index in [0.717, 1.165) is 0 Å². The van der Waals surface area contributed by atoms with Gasteiger partial charge in [0.15, 0.2) is 5.96 Å². The molecule has 0 radical (unpaired) electrons. The minimum Gasteiger partial charge on any atom is -0.508 e. The summed E-state index contributed by atoms with van der Waals surface area (Å²) < 4.78 is 0. The maximum absolute atomic E-state index is 15.0. The highest BCUT2D eigenvalue weighted by molar-refractivity contribution is 7.80. The maximum atomic E-state index is 15.0. The Balaban J connectivity index is 3.97. The number of aromatic hydroxyl groups is 1. The number of nitrogens with two attached hydrogens (primary N) is 5. The lowest BCUT2D eigenvalue weighted by atomic mass is 9.96. The number of aliphatic carboxylic acids is 6. The molecule has 1 aromatic rings. The van der Waals surface area contributed by atoms with E-state index in [1.165, 1.54) is 58.9 Å². The molecule has 0 fully saturated rings. The third-order valence-electron chi connectivity index (χ3n) is 19.7. The minimum atomic E-state index is -2.07. The van der Waals surface area contributed by atoms with Crippen LogP contribution in [0.25, 0.3) is 0 Å². The molecule has 0 saturated carbocycles. The van der Waals surface area contributed by atoms with Gasteiger partial charge in [0.2, 0.25) is 94.5 Å². The van der Waals surface area contributed by atoms with E-state index < -0.39 is 333 Å². The number of phenols is 1. The van der Waals surface area contributed by atoms with Gasteiger partial charge < -0.3 is 144 Å². The number of carboxylic acids is 6. The monoisotopic (exact) mass is 1840 g/mol. The Hall–Kier alpha value is -13.1. The molecule has 128 heavy (non-hydrogen) atoms. The van der Waals surface area contributed by atoms with E-state index in [1.54, 1.807) is 20.8 Å². The number of phenolic OH excluding ortho intramolecular Hbond substituents is 1. The van der Waals surface area contributed by atoms with Crippen LogP contribution in [0.4, 0.5) is 0 Å². The van der Waals surface area contributed by atoms with Crippen LogP contribution in [0, 0.1) is 29.1 Å². The van der Waals surface area contributed by atoms with Crippen molar-refractivity contribution >= 4 is 149 Å². The summed E-state index contributed by atoms with van der Waals surface area (Å²) in [6.07, 6.45) is -9.49. The van der Waals surface area contributed by atoms with Crippen molar-refractivity contribution in [2.75, 3.05) is 18.8 Å². The molecule has 0 aliphatic heterocycles. The van der Waals surface area contributed by atoms with Gasteiger partial charge in [0.25, 0.3) is 0 Å². The van der Waals surface area contributed by atoms with Crippen LogP contribution < -0.4 is 108 Å². The number of rotatable bonds is 63. The van der Waals surface area contributed by atoms with Gasteiger partial charge in [-0.2, -0.15) is 12.6 Å². The fourth-order valence-electron chi connectivity index (χ4n) is 12.1. The van der Waals surface area contributed by atoms with Gasteiger partial charge >= 0.3 is 35.8 Å². The standard InChI is InChI=1S/C77H123N21O29S/c1-9-36(7)60(98-67(117)45(22-25-55(106)107)88-70(120)48(31-56(108)109)92-72(122)59(35(5)6)96-75(125)61(37(8)10-2)97-62(112)40(79)29-51(80)100)74(124)89-41(14-11-12-26-78)64(114)90-46(28-38-16-18-39(99)19-17-38)68(118)85-42(15-13-27-84-77(82)83)63(113)86-43(20-23-53(102)103)65(115)87-44(21-24-54(104)105)66(116)95-58(34(3)4)73(123)94-50(33-128)71(121)91-47(30-52(81)101)69(119)93-49(76(126)127)32-57(110)111/h16-19,34-37,40-50,58-61,99,128H,9-15,20-33,78-79H2,1-8H3,(H2,80,100)(H2,81,101)(H,85,118)(H,86,113)(H,87,115)(H,88,120)(H,89,124)(H,90,114)(H,91,121)(H,92,122)(H,93,119)(H,94,123)(H,95,116)(H,96,125)(H,97,112)(H,98,117)(H,102,103)(H,104,105)(H,106,107)(H,108,109)(H,110,111)(H,126,127)(H4,82,83,84)/t36-,37-,40-,41-,42-,43-,44-,45-,46-,47-,48-,49-,50-,58-,59-,60-,61-/m0/s1. The van der Waals surface area contributed by atoms with Crippen molar-refractivity contribution in [3.63, 3.8) is 0 Å². The van der Waals surface area contributed by atoms with Crippen molar-refractivity contribution < 1.29 is 141 Å². The summed E-state index contributed by atoms with van der Waals surface area (Å²) in [5.74, 6) is -33.3. The summed E-state index contributed by atoms with van der Waals surface area (Å²) in [5, 5.41) is 111. The van der Waals surface area contributed by atoms with E-state index in [0.29, 0.717) is 0 Å². The molecule has 1 rings (SSSR count). The maximum Gasteiger partial charge on any atom is 0.326 e. The summed E-state index contributed by atoms with van der Waals surface area (Å²) >= 11 is 4.08. The molecule has 51 heteroatoms. The van der Waals surface area contributed by atoms with Gasteiger partial charge in [0, 0.05) is 38.0 Å². The van der Waals surface area contributed by atoms with Crippen molar-refractivity contribution in [3.05, 3.63) is 29.8 Å². The summed E-state index contributed by atoms with van der Waals surface area (Å²) in [6, 6.07) is -21.7. The lowest BCUT2D eigenvalue weighted by Crippen LogP contribution is -2.62. The molecule has 0 spiro atoms. The molecule has 33 N–H and O–H groups in total. The Labute approximate surface area is 740 Å². The second kappa shape index (κ2) is 57.5. The quantitative estimate of drug-likeness (QED) is 0.0125. The largest absolute Gasteiger partial charge is 0.508 e. The predicted molar refractivity (Wildman–Crippen MR) is 452 cm³/mol. The van der Waals surface area contributed by atoms with E-state index in [-0.39, 0.29) is 62.9 Å². The van der Waals surface area contributed by atoms with Crippen molar-refractivity contribution in [2.24, 2.45) is 52.3 Å².